The number of likely N-dealkylation sites (tertiary alicyclic amines) is 1. The van der Waals surface area contributed by atoms with E-state index in [0.29, 0.717) is 6.04 Å². The molecule has 0 aromatic carbocycles. The number of guanidine groups is 1. The third-order valence-electron chi connectivity index (χ3n) is 3.93. The first-order valence-corrected chi connectivity index (χ1v) is 9.26. The lowest BCUT2D eigenvalue weighted by molar-refractivity contribution is 0.267. The predicted octanol–water partition coefficient (Wildman–Crippen LogP) is 2.70. The second-order valence-electron chi connectivity index (χ2n) is 5.26. The summed E-state index contributed by atoms with van der Waals surface area (Å²) in [7, 11) is 1.84. The minimum atomic E-state index is 0.654. The zero-order valence-corrected chi connectivity index (χ0v) is 15.3. The van der Waals surface area contributed by atoms with Gasteiger partial charge in [0.1, 0.15) is 0 Å². The highest BCUT2D eigenvalue weighted by Gasteiger charge is 2.22. The molecule has 0 radical (unpaired) electrons. The number of nitrogens with one attached hydrogen (secondary N) is 2. The second-order valence-corrected chi connectivity index (χ2v) is 7.81. The Bertz CT molecular complexity index is 460. The van der Waals surface area contributed by atoms with E-state index in [1.54, 1.807) is 11.3 Å². The predicted molar refractivity (Wildman–Crippen MR) is 95.4 cm³/mol. The normalized spacial score (nSPS) is 20.0. The summed E-state index contributed by atoms with van der Waals surface area (Å²) < 4.78 is 1.20. The molecule has 0 bridgehead atoms. The maximum absolute atomic E-state index is 4.31. The molecule has 0 aliphatic carbocycles. The fraction of sp³-hybridized carbons (Fsp3) is 0.667. The summed E-state index contributed by atoms with van der Waals surface area (Å²) in [4.78, 5) is 8.24. The van der Waals surface area contributed by atoms with Gasteiger partial charge in [-0.1, -0.05) is 6.92 Å². The van der Waals surface area contributed by atoms with Crippen LogP contribution in [0.25, 0.3) is 0 Å². The Morgan fingerprint density at radius 1 is 1.48 bits per heavy atom. The van der Waals surface area contributed by atoms with Crippen LogP contribution in [0.2, 0.25) is 0 Å². The number of likely N-dealkylation sites (N-methyl/N-ethyl adjacent to an activating group) is 1. The Hall–Kier alpha value is -0.590. The van der Waals surface area contributed by atoms with Gasteiger partial charge in [-0.25, -0.2) is 0 Å². The van der Waals surface area contributed by atoms with Gasteiger partial charge in [0.15, 0.2) is 5.96 Å². The highest BCUT2D eigenvalue weighted by Crippen LogP contribution is 2.22. The summed E-state index contributed by atoms with van der Waals surface area (Å²) >= 11 is 5.29. The first-order valence-electron chi connectivity index (χ1n) is 7.65. The van der Waals surface area contributed by atoms with Crippen molar-refractivity contribution in [3.63, 3.8) is 0 Å². The molecule has 21 heavy (non-hydrogen) atoms. The number of hydrogen-bond acceptors (Lipinski definition) is 3. The van der Waals surface area contributed by atoms with Crippen LogP contribution in [0.1, 0.15) is 24.6 Å². The van der Waals surface area contributed by atoms with Crippen LogP contribution in [-0.4, -0.2) is 50.1 Å². The fourth-order valence-electron chi connectivity index (χ4n) is 2.77. The first kappa shape index (κ1) is 16.8. The summed E-state index contributed by atoms with van der Waals surface area (Å²) in [5, 5.41) is 6.85. The number of thiophene rings is 1. The van der Waals surface area contributed by atoms with Crippen LogP contribution in [0.5, 0.6) is 0 Å². The lowest BCUT2D eigenvalue weighted by Crippen LogP contribution is -2.45. The maximum atomic E-state index is 4.31. The SMILES string of the molecule is CCN1CCCC1CNC(=NC)NCCc1ccc(Br)s1. The third kappa shape index (κ3) is 5.27. The zero-order chi connectivity index (χ0) is 15.1. The van der Waals surface area contributed by atoms with Gasteiger partial charge in [-0.2, -0.15) is 0 Å². The van der Waals surface area contributed by atoms with Gasteiger partial charge in [0.2, 0.25) is 0 Å². The van der Waals surface area contributed by atoms with Crippen LogP contribution < -0.4 is 10.6 Å². The van der Waals surface area contributed by atoms with Gasteiger partial charge in [-0.05, 0) is 60.4 Å². The van der Waals surface area contributed by atoms with Crippen molar-refractivity contribution in [2.45, 2.75) is 32.2 Å². The van der Waals surface area contributed by atoms with Crippen molar-refractivity contribution in [3.05, 3.63) is 20.8 Å². The topological polar surface area (TPSA) is 39.7 Å². The molecule has 2 rings (SSSR count). The van der Waals surface area contributed by atoms with Crippen molar-refractivity contribution in [2.75, 3.05) is 33.2 Å². The lowest BCUT2D eigenvalue weighted by atomic mass is 10.2. The van der Waals surface area contributed by atoms with E-state index in [-0.39, 0.29) is 0 Å². The molecule has 1 aliphatic heterocycles. The van der Waals surface area contributed by atoms with E-state index < -0.39 is 0 Å². The summed E-state index contributed by atoms with van der Waals surface area (Å²) in [5.74, 6) is 0.911. The molecule has 1 aromatic rings. The van der Waals surface area contributed by atoms with Crippen molar-refractivity contribution in [1.82, 2.24) is 15.5 Å². The van der Waals surface area contributed by atoms with Crippen LogP contribution in [-0.2, 0) is 6.42 Å². The number of aliphatic imine (C=N–C) groups is 1. The average molecular weight is 373 g/mol. The van der Waals surface area contributed by atoms with Crippen molar-refractivity contribution < 1.29 is 0 Å². The molecular weight excluding hydrogens is 348 g/mol. The van der Waals surface area contributed by atoms with Crippen LogP contribution >= 0.6 is 27.3 Å². The Morgan fingerprint density at radius 3 is 3.00 bits per heavy atom. The van der Waals surface area contributed by atoms with E-state index in [2.05, 4.69) is 55.5 Å². The second kappa shape index (κ2) is 8.76. The number of rotatable bonds is 6. The number of hydrogen-bond donors (Lipinski definition) is 2. The molecule has 1 fully saturated rings. The van der Waals surface area contributed by atoms with Crippen LogP contribution in [0.15, 0.2) is 20.9 Å². The fourth-order valence-corrected chi connectivity index (χ4v) is 4.25. The van der Waals surface area contributed by atoms with Gasteiger partial charge in [0.25, 0.3) is 0 Å². The lowest BCUT2D eigenvalue weighted by Gasteiger charge is -2.23. The molecule has 1 aliphatic rings. The van der Waals surface area contributed by atoms with E-state index in [0.717, 1.165) is 32.0 Å². The van der Waals surface area contributed by atoms with E-state index in [1.165, 1.54) is 28.0 Å². The zero-order valence-electron chi connectivity index (χ0n) is 12.9. The summed E-state index contributed by atoms with van der Waals surface area (Å²) in [6, 6.07) is 4.93. The van der Waals surface area contributed by atoms with Crippen LogP contribution in [0.4, 0.5) is 0 Å². The quantitative estimate of drug-likeness (QED) is 0.595. The Balaban J connectivity index is 1.68. The number of nitrogens with zero attached hydrogens (tertiary/aromatic N) is 2. The van der Waals surface area contributed by atoms with Crippen molar-refractivity contribution >= 4 is 33.2 Å². The Labute approximate surface area is 140 Å². The number of halogens is 1. The highest BCUT2D eigenvalue weighted by atomic mass is 79.9. The average Bonchev–Trinajstić information content (AvgIpc) is 3.11. The minimum Gasteiger partial charge on any atom is -0.356 e. The molecule has 0 saturated carbocycles. The van der Waals surface area contributed by atoms with E-state index in [4.69, 9.17) is 0 Å². The third-order valence-corrected chi connectivity index (χ3v) is 5.61. The van der Waals surface area contributed by atoms with Gasteiger partial charge < -0.3 is 10.6 Å². The van der Waals surface area contributed by atoms with Gasteiger partial charge in [0.05, 0.1) is 3.79 Å². The molecule has 1 saturated heterocycles. The van der Waals surface area contributed by atoms with Gasteiger partial charge >= 0.3 is 0 Å². The molecular formula is C15H25BrN4S. The van der Waals surface area contributed by atoms with Gasteiger partial charge in [0, 0.05) is 31.1 Å². The van der Waals surface area contributed by atoms with E-state index in [1.807, 2.05) is 7.05 Å². The molecule has 6 heteroatoms. The first-order chi connectivity index (χ1) is 10.2. The maximum Gasteiger partial charge on any atom is 0.191 e. The highest BCUT2D eigenvalue weighted by molar-refractivity contribution is 9.11. The Kier molecular flexibility index (Phi) is 6.99. The molecule has 0 spiro atoms. The van der Waals surface area contributed by atoms with Crippen LogP contribution in [0, 0.1) is 0 Å². The smallest absolute Gasteiger partial charge is 0.191 e. The van der Waals surface area contributed by atoms with Gasteiger partial charge in [-0.3, -0.25) is 9.89 Å². The molecule has 0 amide bonds. The summed E-state index contributed by atoms with van der Waals surface area (Å²) in [6.45, 7) is 6.52. The molecule has 2 N–H and O–H groups in total. The molecule has 1 aromatic heterocycles. The molecule has 2 heterocycles. The van der Waals surface area contributed by atoms with Crippen molar-refractivity contribution in [2.24, 2.45) is 4.99 Å². The Morgan fingerprint density at radius 2 is 2.33 bits per heavy atom. The van der Waals surface area contributed by atoms with Crippen molar-refractivity contribution in [3.8, 4) is 0 Å². The van der Waals surface area contributed by atoms with E-state index >= 15 is 0 Å². The monoisotopic (exact) mass is 372 g/mol. The van der Waals surface area contributed by atoms with Gasteiger partial charge in [-0.15, -0.1) is 11.3 Å². The molecule has 1 atom stereocenters. The summed E-state index contributed by atoms with van der Waals surface area (Å²) in [5.41, 5.74) is 0. The standard InChI is InChI=1S/C15H25BrN4S/c1-3-20-10-4-5-12(20)11-19-15(17-2)18-9-8-13-6-7-14(16)21-13/h6-7,12H,3-5,8-11H2,1-2H3,(H2,17,18,19). The summed E-state index contributed by atoms with van der Waals surface area (Å²) in [6.07, 6.45) is 3.64. The van der Waals surface area contributed by atoms with E-state index in [9.17, 15) is 0 Å². The molecule has 118 valence electrons. The molecule has 4 nitrogen and oxygen atoms in total. The minimum absolute atomic E-state index is 0.654. The van der Waals surface area contributed by atoms with Crippen molar-refractivity contribution in [1.29, 1.82) is 0 Å². The van der Waals surface area contributed by atoms with Crippen LogP contribution in [0.3, 0.4) is 0 Å². The largest absolute Gasteiger partial charge is 0.356 e. The molecule has 1 unspecified atom stereocenters.